The van der Waals surface area contributed by atoms with Crippen molar-refractivity contribution in [3.63, 3.8) is 0 Å². The van der Waals surface area contributed by atoms with Gasteiger partial charge >= 0.3 is 0 Å². The molecule has 2 aromatic carbocycles. The van der Waals surface area contributed by atoms with Crippen LogP contribution in [0.3, 0.4) is 0 Å². The Morgan fingerprint density at radius 1 is 1.05 bits per heavy atom. The third-order valence-electron chi connectivity index (χ3n) is 3.16. The highest BCUT2D eigenvalue weighted by Crippen LogP contribution is 2.26. The lowest BCUT2D eigenvalue weighted by Crippen LogP contribution is -2.35. The number of rotatable bonds is 4. The summed E-state index contributed by atoms with van der Waals surface area (Å²) in [6, 6.07) is 13.6. The highest BCUT2D eigenvalue weighted by molar-refractivity contribution is 6.30. The molecule has 0 unspecified atom stereocenters. The zero-order chi connectivity index (χ0) is 15.5. The highest BCUT2D eigenvalue weighted by Gasteiger charge is 2.10. The van der Waals surface area contributed by atoms with E-state index in [-0.39, 0.29) is 5.54 Å². The first-order valence-corrected chi connectivity index (χ1v) is 7.49. The average Bonchev–Trinajstić information content (AvgIpc) is 2.36. The Labute approximate surface area is 132 Å². The van der Waals surface area contributed by atoms with Gasteiger partial charge in [-0.25, -0.2) is 0 Å². The minimum absolute atomic E-state index is 0.113. The maximum absolute atomic E-state index is 5.96. The van der Waals surface area contributed by atoms with E-state index in [4.69, 9.17) is 16.3 Å². The van der Waals surface area contributed by atoms with Crippen molar-refractivity contribution < 1.29 is 4.74 Å². The lowest BCUT2D eigenvalue weighted by molar-refractivity contribution is 0.423. The second kappa shape index (κ2) is 6.50. The smallest absolute Gasteiger partial charge is 0.128 e. The van der Waals surface area contributed by atoms with Gasteiger partial charge < -0.3 is 10.1 Å². The van der Waals surface area contributed by atoms with Crippen molar-refractivity contribution in [3.8, 4) is 11.5 Å². The monoisotopic (exact) mass is 303 g/mol. The van der Waals surface area contributed by atoms with E-state index < -0.39 is 0 Å². The number of hydrogen-bond acceptors (Lipinski definition) is 2. The Hall–Kier alpha value is -1.51. The van der Waals surface area contributed by atoms with Crippen molar-refractivity contribution in [1.29, 1.82) is 0 Å². The zero-order valence-corrected chi connectivity index (χ0v) is 13.8. The molecule has 0 aliphatic rings. The molecule has 1 N–H and O–H groups in total. The van der Waals surface area contributed by atoms with Crippen molar-refractivity contribution in [2.45, 2.75) is 39.8 Å². The van der Waals surface area contributed by atoms with E-state index in [1.807, 2.05) is 30.3 Å². The van der Waals surface area contributed by atoms with Crippen LogP contribution < -0.4 is 10.1 Å². The highest BCUT2D eigenvalue weighted by atomic mass is 35.5. The van der Waals surface area contributed by atoms with Crippen LogP contribution in [0.25, 0.3) is 0 Å². The van der Waals surface area contributed by atoms with Gasteiger partial charge in [0.2, 0.25) is 0 Å². The molecule has 0 atom stereocenters. The zero-order valence-electron chi connectivity index (χ0n) is 13.0. The number of halogens is 1. The SMILES string of the molecule is Cc1cc(Oc2cccc(Cl)c2)ccc1CNC(C)(C)C. The summed E-state index contributed by atoms with van der Waals surface area (Å²) in [5, 5.41) is 4.17. The van der Waals surface area contributed by atoms with Crippen molar-refractivity contribution in [3.05, 3.63) is 58.6 Å². The predicted octanol–water partition coefficient (Wildman–Crippen LogP) is 5.33. The first kappa shape index (κ1) is 15.9. The Morgan fingerprint density at radius 2 is 1.76 bits per heavy atom. The van der Waals surface area contributed by atoms with E-state index >= 15 is 0 Å². The molecule has 21 heavy (non-hydrogen) atoms. The molecule has 0 saturated carbocycles. The van der Waals surface area contributed by atoms with Crippen LogP contribution in [-0.4, -0.2) is 5.54 Å². The summed E-state index contributed by atoms with van der Waals surface area (Å²) in [6.45, 7) is 9.45. The van der Waals surface area contributed by atoms with Crippen LogP contribution >= 0.6 is 11.6 Å². The Morgan fingerprint density at radius 3 is 2.38 bits per heavy atom. The summed E-state index contributed by atoms with van der Waals surface area (Å²) < 4.78 is 5.84. The number of benzene rings is 2. The van der Waals surface area contributed by atoms with Gasteiger partial charge in [-0.05, 0) is 69.2 Å². The molecule has 0 radical (unpaired) electrons. The van der Waals surface area contributed by atoms with E-state index in [9.17, 15) is 0 Å². The molecule has 0 aliphatic heterocycles. The fourth-order valence-corrected chi connectivity index (χ4v) is 2.14. The summed E-state index contributed by atoms with van der Waals surface area (Å²) >= 11 is 5.96. The van der Waals surface area contributed by atoms with Crippen molar-refractivity contribution in [1.82, 2.24) is 5.32 Å². The molecule has 0 heterocycles. The van der Waals surface area contributed by atoms with Crippen LogP contribution in [0.1, 0.15) is 31.9 Å². The third-order valence-corrected chi connectivity index (χ3v) is 3.39. The van der Waals surface area contributed by atoms with Gasteiger partial charge in [-0.2, -0.15) is 0 Å². The minimum atomic E-state index is 0.113. The number of ether oxygens (including phenoxy) is 1. The Kier molecular flexibility index (Phi) is 4.92. The average molecular weight is 304 g/mol. The van der Waals surface area contributed by atoms with E-state index in [2.05, 4.69) is 45.1 Å². The lowest BCUT2D eigenvalue weighted by Gasteiger charge is -2.21. The van der Waals surface area contributed by atoms with Gasteiger partial charge in [-0.15, -0.1) is 0 Å². The van der Waals surface area contributed by atoms with Gasteiger partial charge in [0.05, 0.1) is 0 Å². The summed E-state index contributed by atoms with van der Waals surface area (Å²) in [5.74, 6) is 1.58. The molecule has 2 nitrogen and oxygen atoms in total. The molecule has 0 aromatic heterocycles. The van der Waals surface area contributed by atoms with Gasteiger partial charge in [-0.1, -0.05) is 23.7 Å². The van der Waals surface area contributed by atoms with E-state index in [0.29, 0.717) is 5.02 Å². The van der Waals surface area contributed by atoms with Crippen LogP contribution in [0.15, 0.2) is 42.5 Å². The summed E-state index contributed by atoms with van der Waals surface area (Å²) in [4.78, 5) is 0. The molecule has 0 bridgehead atoms. The molecule has 2 rings (SSSR count). The first-order valence-electron chi connectivity index (χ1n) is 7.11. The summed E-state index contributed by atoms with van der Waals surface area (Å²) in [7, 11) is 0. The molecule has 3 heteroatoms. The number of nitrogens with one attached hydrogen (secondary N) is 1. The second-order valence-electron chi connectivity index (χ2n) is 6.25. The van der Waals surface area contributed by atoms with Gasteiger partial charge in [0.25, 0.3) is 0 Å². The minimum Gasteiger partial charge on any atom is -0.457 e. The van der Waals surface area contributed by atoms with Crippen molar-refractivity contribution in [2.24, 2.45) is 0 Å². The molecule has 0 aliphatic carbocycles. The molecule has 0 amide bonds. The van der Waals surface area contributed by atoms with E-state index in [1.165, 1.54) is 11.1 Å². The van der Waals surface area contributed by atoms with Gasteiger partial charge in [0.1, 0.15) is 11.5 Å². The van der Waals surface area contributed by atoms with Gasteiger partial charge in [0, 0.05) is 17.1 Å². The molecule has 0 spiro atoms. The lowest BCUT2D eigenvalue weighted by atomic mass is 10.1. The first-order chi connectivity index (χ1) is 9.83. The van der Waals surface area contributed by atoms with Crippen molar-refractivity contribution in [2.75, 3.05) is 0 Å². The van der Waals surface area contributed by atoms with E-state index in [1.54, 1.807) is 0 Å². The largest absolute Gasteiger partial charge is 0.457 e. The van der Waals surface area contributed by atoms with Gasteiger partial charge in [-0.3, -0.25) is 0 Å². The van der Waals surface area contributed by atoms with Gasteiger partial charge in [0.15, 0.2) is 0 Å². The predicted molar refractivity (Wildman–Crippen MR) is 89.3 cm³/mol. The fraction of sp³-hybridized carbons (Fsp3) is 0.333. The summed E-state index contributed by atoms with van der Waals surface area (Å²) in [5.41, 5.74) is 2.61. The van der Waals surface area contributed by atoms with Crippen LogP contribution in [0.2, 0.25) is 5.02 Å². The summed E-state index contributed by atoms with van der Waals surface area (Å²) in [6.07, 6.45) is 0. The quantitative estimate of drug-likeness (QED) is 0.824. The number of hydrogen-bond donors (Lipinski definition) is 1. The van der Waals surface area contributed by atoms with Crippen LogP contribution in [0, 0.1) is 6.92 Å². The Bertz CT molecular complexity index is 617. The standard InChI is InChI=1S/C18H22ClNO/c1-13-10-17(21-16-7-5-6-15(19)11-16)9-8-14(13)12-20-18(2,3)4/h5-11,20H,12H2,1-4H3. The molecule has 0 saturated heterocycles. The van der Waals surface area contributed by atoms with E-state index in [0.717, 1.165) is 18.0 Å². The van der Waals surface area contributed by atoms with Crippen LogP contribution in [-0.2, 0) is 6.54 Å². The second-order valence-corrected chi connectivity index (χ2v) is 6.69. The van der Waals surface area contributed by atoms with Crippen LogP contribution in [0.4, 0.5) is 0 Å². The number of aryl methyl sites for hydroxylation is 1. The molecular weight excluding hydrogens is 282 g/mol. The third kappa shape index (κ3) is 5.07. The maximum atomic E-state index is 5.96. The fourth-order valence-electron chi connectivity index (χ4n) is 1.96. The Balaban J connectivity index is 2.08. The molecule has 2 aromatic rings. The topological polar surface area (TPSA) is 21.3 Å². The molecule has 112 valence electrons. The molecular formula is C18H22ClNO. The van der Waals surface area contributed by atoms with Crippen molar-refractivity contribution >= 4 is 11.6 Å². The molecule has 0 fully saturated rings. The normalized spacial score (nSPS) is 11.5. The maximum Gasteiger partial charge on any atom is 0.128 e. The van der Waals surface area contributed by atoms with Crippen LogP contribution in [0.5, 0.6) is 11.5 Å².